The summed E-state index contributed by atoms with van der Waals surface area (Å²) < 4.78 is 0. The molecule has 224 valence electrons. The third-order valence-corrected chi connectivity index (χ3v) is 7.85. The first-order valence-corrected chi connectivity index (χ1v) is 14.4. The van der Waals surface area contributed by atoms with Crippen molar-refractivity contribution in [2.75, 3.05) is 0 Å². The molecule has 0 saturated heterocycles. The first kappa shape index (κ1) is 30.2. The molecule has 0 bridgehead atoms. The van der Waals surface area contributed by atoms with Gasteiger partial charge in [-0.2, -0.15) is 20.4 Å². The molecular formula is C32H30N6O6. The second kappa shape index (κ2) is 13.8. The lowest BCUT2D eigenvalue weighted by Gasteiger charge is -2.28. The van der Waals surface area contributed by atoms with Gasteiger partial charge in [-0.05, 0) is 54.7 Å². The Hall–Kier alpha value is -5.26. The molecule has 0 unspecified atom stereocenters. The normalized spacial score (nSPS) is 16.3. The average molecular weight is 595 g/mol. The van der Waals surface area contributed by atoms with Crippen molar-refractivity contribution in [3.63, 3.8) is 0 Å². The topological polar surface area (TPSA) is 172 Å². The Morgan fingerprint density at radius 2 is 1.00 bits per heavy atom. The molecule has 4 aromatic rings. The van der Waals surface area contributed by atoms with E-state index in [4.69, 9.17) is 0 Å². The standard InChI is InChI=1S/C32H30N6O6/c39-29(16-21-4-10-27(11-5-21)37(41)42)19-25-8-14-31(35-33-25)23-2-1-3-24(18-23)32-15-9-26(34-36-32)20-30(40)17-22-6-12-28(13-7-22)38(43)44/h4-15,23-24H,1-3,16-20H2/t23-,24-/m0/s1. The van der Waals surface area contributed by atoms with Gasteiger partial charge < -0.3 is 0 Å². The maximum Gasteiger partial charge on any atom is 0.269 e. The summed E-state index contributed by atoms with van der Waals surface area (Å²) in [6.07, 6.45) is 4.41. The molecule has 5 rings (SSSR count). The van der Waals surface area contributed by atoms with Crippen molar-refractivity contribution in [1.29, 1.82) is 0 Å². The Morgan fingerprint density at radius 1 is 0.591 bits per heavy atom. The molecule has 2 atom stereocenters. The van der Waals surface area contributed by atoms with E-state index in [0.29, 0.717) is 22.5 Å². The van der Waals surface area contributed by atoms with Gasteiger partial charge >= 0.3 is 0 Å². The van der Waals surface area contributed by atoms with Crippen molar-refractivity contribution >= 4 is 22.9 Å². The van der Waals surface area contributed by atoms with E-state index in [2.05, 4.69) is 20.4 Å². The van der Waals surface area contributed by atoms with Crippen LogP contribution in [0.3, 0.4) is 0 Å². The molecule has 12 nitrogen and oxygen atoms in total. The fourth-order valence-electron chi connectivity index (χ4n) is 5.55. The van der Waals surface area contributed by atoms with E-state index in [0.717, 1.165) is 37.1 Å². The second-order valence-corrected chi connectivity index (χ2v) is 11.1. The first-order valence-electron chi connectivity index (χ1n) is 14.4. The number of Topliss-reactive ketones (excluding diaryl/α,β-unsaturated/α-hetero) is 2. The SMILES string of the molecule is O=C(Cc1ccc([N+](=O)[O-])cc1)Cc1ccc([C@H]2CCC[C@H](c3ccc(CC(=O)Cc4ccc([N+](=O)[O-])cc4)nn3)C2)nn1. The van der Waals surface area contributed by atoms with Gasteiger partial charge in [0, 0.05) is 48.9 Å². The van der Waals surface area contributed by atoms with E-state index < -0.39 is 9.85 Å². The molecule has 2 heterocycles. The highest BCUT2D eigenvalue weighted by atomic mass is 16.6. The number of nitro groups is 2. The van der Waals surface area contributed by atoms with E-state index in [1.807, 2.05) is 24.3 Å². The summed E-state index contributed by atoms with van der Waals surface area (Å²) in [4.78, 5) is 45.7. The van der Waals surface area contributed by atoms with Crippen molar-refractivity contribution in [2.45, 2.75) is 63.2 Å². The second-order valence-electron chi connectivity index (χ2n) is 11.1. The highest BCUT2D eigenvalue weighted by molar-refractivity contribution is 5.83. The van der Waals surface area contributed by atoms with Crippen LogP contribution in [0.25, 0.3) is 0 Å². The third-order valence-electron chi connectivity index (χ3n) is 7.85. The van der Waals surface area contributed by atoms with Gasteiger partial charge in [-0.25, -0.2) is 0 Å². The molecule has 1 aliphatic rings. The molecule has 1 fully saturated rings. The summed E-state index contributed by atoms with van der Waals surface area (Å²) in [6, 6.07) is 19.5. The molecular weight excluding hydrogens is 564 g/mol. The predicted octanol–water partition coefficient (Wildman–Crippen LogP) is 5.23. The number of nitrogens with zero attached hydrogens (tertiary/aromatic N) is 6. The minimum atomic E-state index is -0.472. The van der Waals surface area contributed by atoms with Gasteiger partial charge in [0.25, 0.3) is 11.4 Å². The number of carbonyl (C=O) groups excluding carboxylic acids is 2. The molecule has 1 saturated carbocycles. The Morgan fingerprint density at radius 3 is 1.34 bits per heavy atom. The molecule has 0 N–H and O–H groups in total. The molecule has 0 aliphatic heterocycles. The van der Waals surface area contributed by atoms with Crippen molar-refractivity contribution in [1.82, 2.24) is 20.4 Å². The lowest BCUT2D eigenvalue weighted by molar-refractivity contribution is -0.385. The van der Waals surface area contributed by atoms with E-state index in [9.17, 15) is 29.8 Å². The van der Waals surface area contributed by atoms with Crippen LogP contribution in [0.4, 0.5) is 11.4 Å². The van der Waals surface area contributed by atoms with Gasteiger partial charge in [0.15, 0.2) is 0 Å². The summed E-state index contributed by atoms with van der Waals surface area (Å²) in [6.45, 7) is 0. The Bertz CT molecular complexity index is 1520. The van der Waals surface area contributed by atoms with Gasteiger partial charge in [-0.3, -0.25) is 29.8 Å². The van der Waals surface area contributed by atoms with E-state index in [1.54, 1.807) is 24.3 Å². The number of benzene rings is 2. The zero-order valence-electron chi connectivity index (χ0n) is 23.9. The van der Waals surface area contributed by atoms with Crippen LogP contribution in [-0.4, -0.2) is 41.8 Å². The highest BCUT2D eigenvalue weighted by Crippen LogP contribution is 2.39. The minimum absolute atomic E-state index is 0.0121. The van der Waals surface area contributed by atoms with Crippen LogP contribution in [0.1, 0.15) is 71.4 Å². The Balaban J connectivity index is 1.12. The summed E-state index contributed by atoms with van der Waals surface area (Å²) in [5, 5.41) is 39.1. The van der Waals surface area contributed by atoms with Gasteiger partial charge in [0.05, 0.1) is 45.5 Å². The van der Waals surface area contributed by atoms with Gasteiger partial charge in [0.2, 0.25) is 0 Å². The number of non-ortho nitro benzene ring substituents is 2. The van der Waals surface area contributed by atoms with Crippen LogP contribution in [0.15, 0.2) is 72.8 Å². The number of ketones is 2. The van der Waals surface area contributed by atoms with Crippen LogP contribution >= 0.6 is 0 Å². The van der Waals surface area contributed by atoms with E-state index in [1.165, 1.54) is 24.3 Å². The fraction of sp³-hybridized carbons (Fsp3) is 0.312. The lowest BCUT2D eigenvalue weighted by atomic mass is 9.78. The molecule has 44 heavy (non-hydrogen) atoms. The molecule has 0 spiro atoms. The maximum atomic E-state index is 12.5. The molecule has 1 aliphatic carbocycles. The number of hydrogen-bond donors (Lipinski definition) is 0. The quantitative estimate of drug-likeness (QED) is 0.156. The maximum absolute atomic E-state index is 12.5. The number of nitro benzene ring substituents is 2. The monoisotopic (exact) mass is 594 g/mol. The average Bonchev–Trinajstić information content (AvgIpc) is 3.02. The zero-order valence-corrected chi connectivity index (χ0v) is 23.9. The minimum Gasteiger partial charge on any atom is -0.299 e. The summed E-state index contributed by atoms with van der Waals surface area (Å²) in [5.41, 5.74) is 4.32. The summed E-state index contributed by atoms with van der Waals surface area (Å²) in [7, 11) is 0. The molecule has 2 aromatic carbocycles. The number of rotatable bonds is 12. The lowest BCUT2D eigenvalue weighted by Crippen LogP contribution is -2.17. The summed E-state index contributed by atoms with van der Waals surface area (Å²) in [5.74, 6) is 0.314. The molecule has 2 aromatic heterocycles. The van der Waals surface area contributed by atoms with Crippen LogP contribution in [-0.2, 0) is 35.3 Å². The van der Waals surface area contributed by atoms with Crippen LogP contribution in [0.2, 0.25) is 0 Å². The van der Waals surface area contributed by atoms with Gasteiger partial charge in [0.1, 0.15) is 11.6 Å². The largest absolute Gasteiger partial charge is 0.299 e. The first-order chi connectivity index (χ1) is 21.2. The molecule has 0 radical (unpaired) electrons. The van der Waals surface area contributed by atoms with Crippen LogP contribution < -0.4 is 0 Å². The summed E-state index contributed by atoms with van der Waals surface area (Å²) >= 11 is 0. The molecule has 0 amide bonds. The van der Waals surface area contributed by atoms with E-state index in [-0.39, 0.29) is 60.5 Å². The third kappa shape index (κ3) is 7.97. The number of hydrogen-bond acceptors (Lipinski definition) is 10. The van der Waals surface area contributed by atoms with Gasteiger partial charge in [-0.1, -0.05) is 30.7 Å². The van der Waals surface area contributed by atoms with Gasteiger partial charge in [-0.15, -0.1) is 0 Å². The van der Waals surface area contributed by atoms with Crippen molar-refractivity contribution in [2.24, 2.45) is 0 Å². The van der Waals surface area contributed by atoms with Crippen LogP contribution in [0.5, 0.6) is 0 Å². The Labute approximate surface area is 252 Å². The van der Waals surface area contributed by atoms with E-state index >= 15 is 0 Å². The van der Waals surface area contributed by atoms with Crippen molar-refractivity contribution in [3.05, 3.63) is 127 Å². The van der Waals surface area contributed by atoms with Crippen LogP contribution in [0, 0.1) is 20.2 Å². The smallest absolute Gasteiger partial charge is 0.269 e. The van der Waals surface area contributed by atoms with Crippen molar-refractivity contribution in [3.8, 4) is 0 Å². The predicted molar refractivity (Wildman–Crippen MR) is 159 cm³/mol. The zero-order chi connectivity index (χ0) is 31.1. The number of aromatic nitrogens is 4. The Kier molecular flexibility index (Phi) is 9.48. The molecule has 12 heteroatoms. The fourth-order valence-corrected chi connectivity index (χ4v) is 5.55. The number of carbonyl (C=O) groups is 2. The highest BCUT2D eigenvalue weighted by Gasteiger charge is 2.27. The van der Waals surface area contributed by atoms with Crippen molar-refractivity contribution < 1.29 is 19.4 Å².